The van der Waals surface area contributed by atoms with E-state index in [2.05, 4.69) is 47.9 Å². The summed E-state index contributed by atoms with van der Waals surface area (Å²) in [6.45, 7) is 12.9. The third-order valence-corrected chi connectivity index (χ3v) is 3.05. The molecule has 0 aromatic rings. The predicted molar refractivity (Wildman–Crippen MR) is 58.3 cm³/mol. The van der Waals surface area contributed by atoms with Gasteiger partial charge in [-0.1, -0.05) is 13.8 Å². The minimum absolute atomic E-state index is 0. The van der Waals surface area contributed by atoms with E-state index in [1.807, 2.05) is 4.90 Å². The first-order valence-electron chi connectivity index (χ1n) is 5.04. The molecule has 0 spiro atoms. The van der Waals surface area contributed by atoms with Gasteiger partial charge in [0.2, 0.25) is 0 Å². The predicted octanol–water partition coefficient (Wildman–Crippen LogP) is 3.15. The summed E-state index contributed by atoms with van der Waals surface area (Å²) in [5.74, 6) is 0. The van der Waals surface area contributed by atoms with E-state index in [0.29, 0.717) is 0 Å². The van der Waals surface area contributed by atoms with Gasteiger partial charge in [-0.15, -0.1) is 0 Å². The quantitative estimate of drug-likeness (QED) is 0.341. The molecule has 0 saturated heterocycles. The Morgan fingerprint density at radius 3 is 1.43 bits per heavy atom. The van der Waals surface area contributed by atoms with Crippen LogP contribution in [-0.2, 0) is 16.8 Å². The van der Waals surface area contributed by atoms with E-state index in [4.69, 9.17) is 5.41 Å². The Morgan fingerprint density at radius 1 is 1.00 bits per heavy atom. The average molecular weight is 242 g/mol. The monoisotopic (exact) mass is 242 g/mol. The molecule has 0 saturated carbocycles. The van der Waals surface area contributed by atoms with Crippen molar-refractivity contribution in [2.45, 2.75) is 65.5 Å². The van der Waals surface area contributed by atoms with Crippen LogP contribution in [0.2, 0.25) is 0 Å². The van der Waals surface area contributed by atoms with Gasteiger partial charge in [0.1, 0.15) is 0 Å². The van der Waals surface area contributed by atoms with Gasteiger partial charge in [-0.05, 0) is 40.5 Å². The Labute approximate surface area is 99.2 Å². The Balaban J connectivity index is 0. The first-order chi connectivity index (χ1) is 5.81. The molecule has 2 nitrogen and oxygen atoms in total. The normalized spacial score (nSPS) is 11.9. The van der Waals surface area contributed by atoms with E-state index in [0.717, 1.165) is 12.8 Å². The first-order valence-corrected chi connectivity index (χ1v) is 5.04. The molecule has 0 amide bonds. The van der Waals surface area contributed by atoms with Crippen molar-refractivity contribution in [1.29, 1.82) is 5.41 Å². The molecule has 0 rings (SSSR count). The van der Waals surface area contributed by atoms with Crippen molar-refractivity contribution >= 4 is 6.34 Å². The van der Waals surface area contributed by atoms with Crippen LogP contribution in [-0.4, -0.2) is 22.3 Å². The van der Waals surface area contributed by atoms with Gasteiger partial charge in [-0.3, -0.25) is 0 Å². The Kier molecular flexibility index (Phi) is 6.75. The van der Waals surface area contributed by atoms with Gasteiger partial charge in [0.05, 0.1) is 0 Å². The van der Waals surface area contributed by atoms with Crippen LogP contribution in [0.3, 0.4) is 0 Å². The zero-order chi connectivity index (χ0) is 10.7. The summed E-state index contributed by atoms with van der Waals surface area (Å²) in [5.41, 5.74) is 0.0581. The summed E-state index contributed by atoms with van der Waals surface area (Å²) in [4.78, 5) is 2.03. The van der Waals surface area contributed by atoms with Crippen LogP contribution in [0.15, 0.2) is 0 Å². The Hall–Kier alpha value is -0.0235. The zero-order valence-electron chi connectivity index (χ0n) is 10.2. The molecule has 1 N–H and O–H groups in total. The molecule has 87 valence electrons. The van der Waals surface area contributed by atoms with E-state index >= 15 is 0 Å². The summed E-state index contributed by atoms with van der Waals surface area (Å²) < 4.78 is 0. The molecular formula is C11H23CoN2-. The van der Waals surface area contributed by atoms with Crippen LogP contribution >= 0.6 is 0 Å². The average Bonchev–Trinajstić information content (AvgIpc) is 2.05. The molecule has 0 atom stereocenters. The van der Waals surface area contributed by atoms with E-state index < -0.39 is 0 Å². The number of nitrogens with zero attached hydrogens (tertiary/aromatic N) is 1. The molecule has 0 aromatic carbocycles. The van der Waals surface area contributed by atoms with Gasteiger partial charge < -0.3 is 16.6 Å². The van der Waals surface area contributed by atoms with Crippen LogP contribution in [0.25, 0.3) is 0 Å². The van der Waals surface area contributed by atoms with Crippen molar-refractivity contribution in [3.05, 3.63) is 0 Å². The molecule has 0 bridgehead atoms. The van der Waals surface area contributed by atoms with Gasteiger partial charge in [-0.25, -0.2) is 0 Å². The molecule has 0 heterocycles. The van der Waals surface area contributed by atoms with E-state index in [1.54, 1.807) is 0 Å². The van der Waals surface area contributed by atoms with Gasteiger partial charge in [0.15, 0.2) is 0 Å². The second kappa shape index (κ2) is 5.76. The van der Waals surface area contributed by atoms with E-state index in [9.17, 15) is 0 Å². The number of hydrogen-bond donors (Lipinski definition) is 1. The zero-order valence-corrected chi connectivity index (χ0v) is 11.2. The van der Waals surface area contributed by atoms with Crippen LogP contribution in [0.1, 0.15) is 54.4 Å². The SMILES string of the molecule is CCC(C)(C)N([C-]=N)C(C)(C)CC.[Co]. The second-order valence-electron chi connectivity index (χ2n) is 4.78. The number of nitrogens with one attached hydrogen (secondary N) is 1. The van der Waals surface area contributed by atoms with Crippen molar-refractivity contribution < 1.29 is 16.8 Å². The summed E-state index contributed by atoms with van der Waals surface area (Å²) in [5, 5.41) is 7.35. The van der Waals surface area contributed by atoms with Crippen LogP contribution in [0.4, 0.5) is 0 Å². The van der Waals surface area contributed by atoms with Crippen molar-refractivity contribution in [3.8, 4) is 0 Å². The van der Waals surface area contributed by atoms with Crippen molar-refractivity contribution in [3.63, 3.8) is 0 Å². The molecule has 0 aliphatic rings. The second-order valence-corrected chi connectivity index (χ2v) is 4.78. The molecule has 1 radical (unpaired) electrons. The fourth-order valence-corrected chi connectivity index (χ4v) is 1.44. The Morgan fingerprint density at radius 2 is 1.29 bits per heavy atom. The van der Waals surface area contributed by atoms with E-state index in [-0.39, 0.29) is 27.9 Å². The topological polar surface area (TPSA) is 27.1 Å². The third-order valence-electron chi connectivity index (χ3n) is 3.05. The molecule has 3 heteroatoms. The third kappa shape index (κ3) is 3.62. The minimum Gasteiger partial charge on any atom is -0.529 e. The molecule has 0 aromatic heterocycles. The van der Waals surface area contributed by atoms with Gasteiger partial charge >= 0.3 is 0 Å². The fourth-order valence-electron chi connectivity index (χ4n) is 1.44. The van der Waals surface area contributed by atoms with Gasteiger partial charge in [-0.2, -0.15) is 0 Å². The van der Waals surface area contributed by atoms with E-state index in [1.165, 1.54) is 0 Å². The maximum atomic E-state index is 7.35. The number of rotatable bonds is 5. The first kappa shape index (κ1) is 16.4. The summed E-state index contributed by atoms with van der Waals surface area (Å²) in [6, 6.07) is 0. The maximum absolute atomic E-state index is 7.35. The molecule has 0 unspecified atom stereocenters. The van der Waals surface area contributed by atoms with Crippen LogP contribution in [0.5, 0.6) is 0 Å². The standard InChI is InChI=1S/C11H23N2.Co/c1-7-10(3,4)13(9-12)11(5,6)8-2;/h12H,7-8H2,1-6H3;/q-1;. The van der Waals surface area contributed by atoms with Gasteiger partial charge in [0, 0.05) is 27.9 Å². The van der Waals surface area contributed by atoms with Crippen molar-refractivity contribution in [2.24, 2.45) is 0 Å². The summed E-state index contributed by atoms with van der Waals surface area (Å²) >= 11 is 0. The molecule has 0 fully saturated rings. The van der Waals surface area contributed by atoms with Crippen molar-refractivity contribution in [2.75, 3.05) is 0 Å². The number of hydrogen-bond acceptors (Lipinski definition) is 1. The molecule has 0 aliphatic carbocycles. The molecule has 14 heavy (non-hydrogen) atoms. The fraction of sp³-hybridized carbons (Fsp3) is 0.909. The summed E-state index contributed by atoms with van der Waals surface area (Å²) in [7, 11) is 0. The van der Waals surface area contributed by atoms with Crippen LogP contribution < -0.4 is 0 Å². The minimum atomic E-state index is 0. The maximum Gasteiger partial charge on any atom is 0.00441 e. The largest absolute Gasteiger partial charge is 0.529 e. The molecular weight excluding hydrogens is 219 g/mol. The van der Waals surface area contributed by atoms with Crippen LogP contribution in [0, 0.1) is 5.41 Å². The smallest absolute Gasteiger partial charge is 0.00441 e. The molecule has 0 aliphatic heterocycles. The van der Waals surface area contributed by atoms with Crippen molar-refractivity contribution in [1.82, 2.24) is 4.90 Å². The Bertz CT molecular complexity index is 160. The summed E-state index contributed by atoms with van der Waals surface area (Å²) in [6.07, 6.45) is 4.63. The van der Waals surface area contributed by atoms with Gasteiger partial charge in [0.25, 0.3) is 0 Å².